The molecule has 0 fully saturated rings. The van der Waals surface area contributed by atoms with Gasteiger partial charge in [-0.15, -0.1) is 13.2 Å². The third-order valence-corrected chi connectivity index (χ3v) is 3.24. The van der Waals surface area contributed by atoms with E-state index in [0.29, 0.717) is 12.3 Å². The van der Waals surface area contributed by atoms with Crippen LogP contribution < -0.4 is 0 Å². The zero-order valence-corrected chi connectivity index (χ0v) is 7.43. The van der Waals surface area contributed by atoms with Crippen molar-refractivity contribution in [3.8, 4) is 0 Å². The summed E-state index contributed by atoms with van der Waals surface area (Å²) in [5, 5.41) is 0. The molecule has 2 nitrogen and oxygen atoms in total. The van der Waals surface area contributed by atoms with Crippen molar-refractivity contribution in [3.63, 3.8) is 0 Å². The molecule has 0 spiro atoms. The first kappa shape index (κ1) is 10.2. The second kappa shape index (κ2) is 4.97. The van der Waals surface area contributed by atoms with E-state index in [4.69, 9.17) is 4.52 Å². The Hall–Kier alpha value is -0.750. The van der Waals surface area contributed by atoms with Gasteiger partial charge in [0.1, 0.15) is 0 Å². The Morgan fingerprint density at radius 1 is 1.18 bits per heavy atom. The molecule has 0 saturated carbocycles. The first-order valence-corrected chi connectivity index (χ1v) is 5.27. The van der Waals surface area contributed by atoms with Crippen LogP contribution in [0.3, 0.4) is 0 Å². The molecule has 0 unspecified atom stereocenters. The number of rotatable bonds is 6. The first-order chi connectivity index (χ1) is 5.18. The average molecular weight is 172 g/mol. The highest BCUT2D eigenvalue weighted by molar-refractivity contribution is 7.59. The van der Waals surface area contributed by atoms with Crippen molar-refractivity contribution in [2.45, 2.75) is 0 Å². The molecule has 3 heteroatoms. The molecule has 0 aromatic carbocycles. The predicted molar refractivity (Wildman–Crippen MR) is 49.0 cm³/mol. The Bertz CT molecular complexity index is 163. The summed E-state index contributed by atoms with van der Waals surface area (Å²) in [6.07, 6.45) is 5.09. The highest BCUT2D eigenvalue weighted by Gasteiger charge is 2.17. The minimum Gasteiger partial charge on any atom is -0.451 e. The highest BCUT2D eigenvalue weighted by atomic mass is 31.2. The van der Waals surface area contributed by atoms with Crippen molar-refractivity contribution >= 4 is 7.37 Å². The summed E-state index contributed by atoms with van der Waals surface area (Å²) in [4.78, 5) is 0. The van der Waals surface area contributed by atoms with Crippen LogP contribution in [0, 0.1) is 0 Å². The van der Waals surface area contributed by atoms with Crippen molar-refractivity contribution in [3.05, 3.63) is 38.2 Å². The van der Waals surface area contributed by atoms with E-state index in [1.165, 1.54) is 6.26 Å². The lowest BCUT2D eigenvalue weighted by atomic mass is 10.8. The smallest absolute Gasteiger partial charge is 0.254 e. The highest BCUT2D eigenvalue weighted by Crippen LogP contribution is 2.46. The van der Waals surface area contributed by atoms with Crippen LogP contribution in [0.4, 0.5) is 0 Å². The van der Waals surface area contributed by atoms with Crippen LogP contribution in [0.15, 0.2) is 38.2 Å². The second-order valence-corrected chi connectivity index (χ2v) is 4.60. The molecule has 0 heterocycles. The summed E-state index contributed by atoms with van der Waals surface area (Å²) in [5.74, 6) is 0. The van der Waals surface area contributed by atoms with Gasteiger partial charge in [-0.3, -0.25) is 4.57 Å². The van der Waals surface area contributed by atoms with Crippen LogP contribution in [0.2, 0.25) is 0 Å². The molecule has 0 aliphatic heterocycles. The standard InChI is InChI=1S/C8H13O2P/c1-4-7-11(9,8-5-2)10-6-3/h4-6H,1-3,7-8H2. The summed E-state index contributed by atoms with van der Waals surface area (Å²) < 4.78 is 16.5. The summed E-state index contributed by atoms with van der Waals surface area (Å²) in [7, 11) is -2.57. The Labute approximate surface area is 67.7 Å². The van der Waals surface area contributed by atoms with Crippen LogP contribution in [-0.2, 0) is 9.09 Å². The molecule has 0 aromatic rings. The first-order valence-electron chi connectivity index (χ1n) is 3.27. The monoisotopic (exact) mass is 172 g/mol. The SMILES string of the molecule is C=CCP(=O)(CC=C)OC=C. The van der Waals surface area contributed by atoms with Gasteiger partial charge in [-0.25, -0.2) is 0 Å². The van der Waals surface area contributed by atoms with Crippen molar-refractivity contribution < 1.29 is 9.09 Å². The lowest BCUT2D eigenvalue weighted by Crippen LogP contribution is -1.91. The van der Waals surface area contributed by atoms with Crippen LogP contribution in [0.5, 0.6) is 0 Å². The van der Waals surface area contributed by atoms with E-state index in [1.807, 2.05) is 0 Å². The van der Waals surface area contributed by atoms with Crippen LogP contribution in [0.25, 0.3) is 0 Å². The zero-order chi connectivity index (χ0) is 8.74. The zero-order valence-electron chi connectivity index (χ0n) is 6.53. The van der Waals surface area contributed by atoms with Crippen LogP contribution in [0.1, 0.15) is 0 Å². The van der Waals surface area contributed by atoms with Gasteiger partial charge in [-0.1, -0.05) is 18.7 Å². The van der Waals surface area contributed by atoms with E-state index in [0.717, 1.165) is 0 Å². The fourth-order valence-electron chi connectivity index (χ4n) is 0.690. The fraction of sp³-hybridized carbons (Fsp3) is 0.250. The van der Waals surface area contributed by atoms with Crippen molar-refractivity contribution in [2.24, 2.45) is 0 Å². The van der Waals surface area contributed by atoms with Gasteiger partial charge in [-0.2, -0.15) is 0 Å². The Morgan fingerprint density at radius 3 is 1.91 bits per heavy atom. The van der Waals surface area contributed by atoms with E-state index in [2.05, 4.69) is 19.7 Å². The largest absolute Gasteiger partial charge is 0.451 e. The summed E-state index contributed by atoms with van der Waals surface area (Å²) in [6.45, 7) is 10.3. The molecular formula is C8H13O2P. The molecule has 0 radical (unpaired) electrons. The van der Waals surface area contributed by atoms with Crippen LogP contribution in [-0.4, -0.2) is 12.3 Å². The van der Waals surface area contributed by atoms with Gasteiger partial charge in [0.25, 0.3) is 7.37 Å². The van der Waals surface area contributed by atoms with E-state index in [9.17, 15) is 4.57 Å². The molecule has 0 aliphatic rings. The molecule has 0 rings (SSSR count). The Balaban J connectivity index is 4.22. The molecule has 0 atom stereocenters. The van der Waals surface area contributed by atoms with E-state index in [-0.39, 0.29) is 0 Å². The second-order valence-electron chi connectivity index (χ2n) is 2.03. The molecule has 0 amide bonds. The number of allylic oxidation sites excluding steroid dienone is 2. The third-order valence-electron chi connectivity index (χ3n) is 1.08. The van der Waals surface area contributed by atoms with E-state index < -0.39 is 7.37 Å². The van der Waals surface area contributed by atoms with E-state index >= 15 is 0 Å². The average Bonchev–Trinajstić information content (AvgIpc) is 1.88. The summed E-state index contributed by atoms with van der Waals surface area (Å²) >= 11 is 0. The van der Waals surface area contributed by atoms with Gasteiger partial charge >= 0.3 is 0 Å². The molecule has 11 heavy (non-hydrogen) atoms. The Morgan fingerprint density at radius 2 is 1.64 bits per heavy atom. The number of hydrogen-bond acceptors (Lipinski definition) is 2. The normalized spacial score (nSPS) is 10.2. The lowest BCUT2D eigenvalue weighted by molar-refractivity contribution is 0.446. The van der Waals surface area contributed by atoms with Crippen molar-refractivity contribution in [2.75, 3.05) is 12.3 Å². The maximum atomic E-state index is 11.6. The van der Waals surface area contributed by atoms with Gasteiger partial charge < -0.3 is 4.52 Å². The summed E-state index contributed by atoms with van der Waals surface area (Å²) in [5.41, 5.74) is 0. The molecular weight excluding hydrogens is 159 g/mol. The third kappa shape index (κ3) is 3.84. The quantitative estimate of drug-likeness (QED) is 0.350. The molecule has 0 aromatic heterocycles. The van der Waals surface area contributed by atoms with E-state index in [1.54, 1.807) is 12.2 Å². The van der Waals surface area contributed by atoms with Crippen molar-refractivity contribution in [1.82, 2.24) is 0 Å². The summed E-state index contributed by atoms with van der Waals surface area (Å²) in [6, 6.07) is 0. The van der Waals surface area contributed by atoms with Crippen molar-refractivity contribution in [1.29, 1.82) is 0 Å². The molecule has 0 aliphatic carbocycles. The predicted octanol–water partition coefficient (Wildman–Crippen LogP) is 2.80. The molecule has 0 saturated heterocycles. The van der Waals surface area contributed by atoms with Gasteiger partial charge in [0.2, 0.25) is 0 Å². The fourth-order valence-corrected chi connectivity index (χ4v) is 2.07. The Kier molecular flexibility index (Phi) is 4.64. The topological polar surface area (TPSA) is 26.3 Å². The van der Waals surface area contributed by atoms with Gasteiger partial charge in [0.05, 0.1) is 18.6 Å². The van der Waals surface area contributed by atoms with Gasteiger partial charge in [-0.05, 0) is 0 Å². The molecule has 0 N–H and O–H groups in total. The lowest BCUT2D eigenvalue weighted by Gasteiger charge is -2.12. The number of hydrogen-bond donors (Lipinski definition) is 0. The molecule has 62 valence electrons. The minimum absolute atomic E-state index is 0.366. The van der Waals surface area contributed by atoms with Crippen LogP contribution >= 0.6 is 7.37 Å². The maximum absolute atomic E-state index is 11.6. The molecule has 0 bridgehead atoms. The maximum Gasteiger partial charge on any atom is 0.254 e. The van der Waals surface area contributed by atoms with Gasteiger partial charge in [0.15, 0.2) is 0 Å². The minimum atomic E-state index is -2.57. The van der Waals surface area contributed by atoms with Gasteiger partial charge in [0, 0.05) is 0 Å².